The molecule has 1 saturated heterocycles. The van der Waals surface area contributed by atoms with Crippen molar-refractivity contribution in [1.82, 2.24) is 4.90 Å². The van der Waals surface area contributed by atoms with Gasteiger partial charge in [-0.05, 0) is 36.9 Å². The third-order valence-electron chi connectivity index (χ3n) is 7.02. The first kappa shape index (κ1) is 24.9. The van der Waals surface area contributed by atoms with Crippen molar-refractivity contribution in [2.75, 3.05) is 18.5 Å². The molecule has 34 heavy (non-hydrogen) atoms. The number of fused-ring (bicyclic) bond motifs is 2. The van der Waals surface area contributed by atoms with Crippen LogP contribution in [0.2, 0.25) is 23.7 Å². The van der Waals surface area contributed by atoms with Crippen LogP contribution in [0.25, 0.3) is 0 Å². The molecule has 1 spiro atoms. The third-order valence-corrected chi connectivity index (χ3v) is 9.75. The zero-order valence-electron chi connectivity index (χ0n) is 19.6. The summed E-state index contributed by atoms with van der Waals surface area (Å²) in [6, 6.07) is 14.8. The van der Waals surface area contributed by atoms with Crippen LogP contribution in [0.4, 0.5) is 5.69 Å². The second-order valence-corrected chi connectivity index (χ2v) is 14.1. The van der Waals surface area contributed by atoms with Crippen LogP contribution >= 0.6 is 11.6 Å². The van der Waals surface area contributed by atoms with E-state index in [1.54, 1.807) is 23.1 Å². The normalized spacial score (nSPS) is 25.9. The van der Waals surface area contributed by atoms with Gasteiger partial charge in [0.25, 0.3) is 5.91 Å². The van der Waals surface area contributed by atoms with Crippen LogP contribution in [0.15, 0.2) is 48.5 Å². The van der Waals surface area contributed by atoms with Crippen LogP contribution in [0.1, 0.15) is 24.5 Å². The van der Waals surface area contributed by atoms with Gasteiger partial charge >= 0.3 is 0 Å². The number of benzene rings is 2. The fraction of sp³-hybridized carbons (Fsp3) is 0.440. The molecule has 0 aromatic heterocycles. The number of ether oxygens (including phenoxy) is 1. The largest absolute Gasteiger partial charge is 0.432 e. The van der Waals surface area contributed by atoms with Crippen molar-refractivity contribution in [2.24, 2.45) is 5.92 Å². The van der Waals surface area contributed by atoms with E-state index in [4.69, 9.17) is 16.3 Å². The average molecular weight is 503 g/mol. The molecule has 9 heteroatoms. The average Bonchev–Trinajstić information content (AvgIpc) is 3.22. The molecule has 2 amide bonds. The number of amides is 2. The Balaban J connectivity index is 1.65. The fourth-order valence-electron chi connectivity index (χ4n) is 5.59. The van der Waals surface area contributed by atoms with E-state index in [0.29, 0.717) is 22.8 Å². The summed E-state index contributed by atoms with van der Waals surface area (Å²) in [5, 5.41) is 12.9. The predicted octanol–water partition coefficient (Wildman–Crippen LogP) is 3.50. The SMILES string of the molecule is C[C@@H]1[C@@H]([Si](C)(C)O)[C@H](CC(=O)N(CCO)Cc2ccccc2)O[C@@]12C(=O)Nc1ccc(Cl)cc12. The number of hydrogen-bond donors (Lipinski definition) is 3. The first-order valence-corrected chi connectivity index (χ1v) is 14.9. The standard InChI is InChI=1S/C25H31ClN2O5Si/c1-16-23(34(2,3)32)21(14-22(30)28(11-12-29)15-17-7-5-4-6-8-17)33-25(16)19-13-18(26)9-10-20(19)27-24(25)31/h4-10,13,16,21,23,29,32H,11-12,14-15H2,1-3H3,(H,27,31)/t16-,21+,23-,25+/m1/s1. The zero-order valence-corrected chi connectivity index (χ0v) is 21.4. The number of aliphatic hydroxyl groups excluding tert-OH is 1. The van der Waals surface area contributed by atoms with Crippen molar-refractivity contribution in [1.29, 1.82) is 0 Å². The van der Waals surface area contributed by atoms with E-state index in [9.17, 15) is 19.5 Å². The lowest BCUT2D eigenvalue weighted by Gasteiger charge is -2.32. The lowest BCUT2D eigenvalue weighted by Crippen LogP contribution is -2.44. The Kier molecular flexibility index (Phi) is 6.90. The van der Waals surface area contributed by atoms with E-state index in [1.165, 1.54) is 0 Å². The minimum absolute atomic E-state index is 0.00373. The van der Waals surface area contributed by atoms with Crippen LogP contribution in [0.3, 0.4) is 0 Å². The van der Waals surface area contributed by atoms with Crippen LogP contribution in [0.5, 0.6) is 0 Å². The highest BCUT2D eigenvalue weighted by Crippen LogP contribution is 2.58. The molecule has 0 unspecified atom stereocenters. The van der Waals surface area contributed by atoms with Gasteiger partial charge < -0.3 is 24.9 Å². The molecule has 0 radical (unpaired) electrons. The number of aliphatic hydroxyl groups is 1. The summed E-state index contributed by atoms with van der Waals surface area (Å²) < 4.78 is 6.50. The molecule has 2 heterocycles. The molecule has 0 bridgehead atoms. The smallest absolute Gasteiger partial charge is 0.261 e. The topological polar surface area (TPSA) is 99.1 Å². The molecule has 7 nitrogen and oxygen atoms in total. The van der Waals surface area contributed by atoms with E-state index in [0.717, 1.165) is 5.56 Å². The minimum Gasteiger partial charge on any atom is -0.432 e. The summed E-state index contributed by atoms with van der Waals surface area (Å²) in [5.41, 5.74) is 0.556. The molecule has 2 aliphatic heterocycles. The number of rotatable bonds is 7. The van der Waals surface area contributed by atoms with Crippen molar-refractivity contribution in [3.63, 3.8) is 0 Å². The first-order chi connectivity index (χ1) is 16.1. The number of hydrogen-bond acceptors (Lipinski definition) is 5. The van der Waals surface area contributed by atoms with Gasteiger partial charge in [0.1, 0.15) is 0 Å². The van der Waals surface area contributed by atoms with Gasteiger partial charge in [-0.15, -0.1) is 0 Å². The minimum atomic E-state index is -2.86. The van der Waals surface area contributed by atoms with E-state index in [1.807, 2.05) is 50.3 Å². The molecule has 3 N–H and O–H groups in total. The molecular formula is C25H31ClN2O5Si. The Bertz CT molecular complexity index is 1080. The molecule has 182 valence electrons. The summed E-state index contributed by atoms with van der Waals surface area (Å²) in [6.07, 6.45) is -0.647. The van der Waals surface area contributed by atoms with Crippen LogP contribution in [0, 0.1) is 5.92 Å². The van der Waals surface area contributed by atoms with E-state index in [-0.39, 0.29) is 42.8 Å². The van der Waals surface area contributed by atoms with Crippen molar-refractivity contribution in [2.45, 2.75) is 50.2 Å². The van der Waals surface area contributed by atoms with E-state index < -0.39 is 20.0 Å². The summed E-state index contributed by atoms with van der Waals surface area (Å²) in [7, 11) is -2.86. The Morgan fingerprint density at radius 3 is 2.59 bits per heavy atom. The first-order valence-electron chi connectivity index (χ1n) is 11.5. The highest BCUT2D eigenvalue weighted by molar-refractivity contribution is 6.71. The number of carbonyl (C=O) groups is 2. The quantitative estimate of drug-likeness (QED) is 0.503. The number of nitrogens with zero attached hydrogens (tertiary/aromatic N) is 1. The van der Waals surface area contributed by atoms with Gasteiger partial charge in [0.05, 0.1) is 19.1 Å². The van der Waals surface area contributed by atoms with Gasteiger partial charge in [-0.2, -0.15) is 0 Å². The molecule has 0 saturated carbocycles. The number of halogens is 1. The second-order valence-electron chi connectivity index (χ2n) is 9.73. The Morgan fingerprint density at radius 1 is 1.24 bits per heavy atom. The molecule has 2 aromatic carbocycles. The van der Waals surface area contributed by atoms with Crippen molar-refractivity contribution in [3.05, 3.63) is 64.7 Å². The van der Waals surface area contributed by atoms with Gasteiger partial charge in [0, 0.05) is 40.8 Å². The summed E-state index contributed by atoms with van der Waals surface area (Å²) >= 11 is 6.26. The summed E-state index contributed by atoms with van der Waals surface area (Å²) in [4.78, 5) is 39.5. The molecule has 4 atom stereocenters. The fourth-order valence-corrected chi connectivity index (χ4v) is 8.31. The third kappa shape index (κ3) is 4.41. The van der Waals surface area contributed by atoms with Crippen LogP contribution < -0.4 is 5.32 Å². The molecule has 2 aromatic rings. The number of carbonyl (C=O) groups excluding carboxylic acids is 2. The van der Waals surface area contributed by atoms with Gasteiger partial charge in [0.15, 0.2) is 13.9 Å². The van der Waals surface area contributed by atoms with E-state index in [2.05, 4.69) is 5.32 Å². The van der Waals surface area contributed by atoms with Crippen molar-refractivity contribution >= 4 is 37.4 Å². The Hall–Kier alpha value is -2.23. The maximum Gasteiger partial charge on any atom is 0.261 e. The highest BCUT2D eigenvalue weighted by Gasteiger charge is 2.64. The number of nitrogens with one attached hydrogen (secondary N) is 1. The second kappa shape index (κ2) is 9.43. The number of anilines is 1. The molecule has 0 aliphatic carbocycles. The molecular weight excluding hydrogens is 472 g/mol. The molecule has 2 aliphatic rings. The van der Waals surface area contributed by atoms with Gasteiger partial charge in [0.2, 0.25) is 5.91 Å². The maximum absolute atomic E-state index is 13.4. The maximum atomic E-state index is 13.4. The van der Waals surface area contributed by atoms with Crippen molar-refractivity contribution < 1.29 is 24.2 Å². The van der Waals surface area contributed by atoms with Gasteiger partial charge in [-0.1, -0.05) is 48.9 Å². The van der Waals surface area contributed by atoms with Crippen LogP contribution in [-0.4, -0.2) is 54.2 Å². The van der Waals surface area contributed by atoms with Gasteiger partial charge in [-0.25, -0.2) is 0 Å². The van der Waals surface area contributed by atoms with E-state index >= 15 is 0 Å². The molecule has 4 rings (SSSR count). The van der Waals surface area contributed by atoms with Gasteiger partial charge in [-0.3, -0.25) is 9.59 Å². The lowest BCUT2D eigenvalue weighted by molar-refractivity contribution is -0.148. The predicted molar refractivity (Wildman–Crippen MR) is 133 cm³/mol. The highest BCUT2D eigenvalue weighted by atomic mass is 35.5. The monoisotopic (exact) mass is 502 g/mol. The zero-order chi connectivity index (χ0) is 24.7. The molecule has 1 fully saturated rings. The Morgan fingerprint density at radius 2 is 1.94 bits per heavy atom. The summed E-state index contributed by atoms with van der Waals surface area (Å²) in [6.45, 7) is 5.92. The van der Waals surface area contributed by atoms with Crippen LogP contribution in [-0.2, 0) is 26.5 Å². The summed E-state index contributed by atoms with van der Waals surface area (Å²) in [5.74, 6) is -0.857. The lowest BCUT2D eigenvalue weighted by atomic mass is 9.82. The van der Waals surface area contributed by atoms with Crippen molar-refractivity contribution in [3.8, 4) is 0 Å². The Labute approximate surface area is 205 Å².